The molecule has 0 atom stereocenters. The van der Waals surface area contributed by atoms with E-state index in [4.69, 9.17) is 9.47 Å². The molecule has 0 N–H and O–H groups in total. The summed E-state index contributed by atoms with van der Waals surface area (Å²) in [5.41, 5.74) is 0. The second kappa shape index (κ2) is 2.73. The molecule has 3 heteroatoms. The van der Waals surface area contributed by atoms with Crippen molar-refractivity contribution in [1.82, 2.24) is 0 Å². The molecule has 7 heavy (non-hydrogen) atoms. The van der Waals surface area contributed by atoms with Crippen molar-refractivity contribution in [2.45, 2.75) is 11.4 Å². The van der Waals surface area contributed by atoms with E-state index in [0.29, 0.717) is 0 Å². The Morgan fingerprint density at radius 1 is 1.43 bits per heavy atom. The van der Waals surface area contributed by atoms with Gasteiger partial charge in [-0.2, -0.15) is 0 Å². The molecular formula is C4H7LiO2. The van der Waals surface area contributed by atoms with Crippen molar-refractivity contribution in [1.29, 1.82) is 0 Å². The molecule has 1 aliphatic rings. The van der Waals surface area contributed by atoms with E-state index in [0.717, 1.165) is 18.3 Å². The Morgan fingerprint density at radius 2 is 2.00 bits per heavy atom. The average molecular weight is 94.0 g/mol. The standard InChI is InChI=1S/C4H7O2.Li/c1-4-5-2-3-6-4;/h4H,1-3H2;. The summed E-state index contributed by atoms with van der Waals surface area (Å²) in [4.78, 5) is 0. The van der Waals surface area contributed by atoms with Gasteiger partial charge in [-0.3, -0.25) is 0 Å². The summed E-state index contributed by atoms with van der Waals surface area (Å²) in [5.74, 6) is 0. The summed E-state index contributed by atoms with van der Waals surface area (Å²) in [5, 5.41) is 0.972. The van der Waals surface area contributed by atoms with Gasteiger partial charge in [-0.25, -0.2) is 0 Å². The monoisotopic (exact) mass is 94.1 g/mol. The number of hydrogen-bond acceptors (Lipinski definition) is 2. The van der Waals surface area contributed by atoms with Crippen molar-refractivity contribution in [3.8, 4) is 0 Å². The van der Waals surface area contributed by atoms with Crippen molar-refractivity contribution >= 4 is 17.7 Å². The quantitative estimate of drug-likeness (QED) is 0.424. The molecule has 0 bridgehead atoms. The minimum atomic E-state index is 0.0972. The Hall–Kier alpha value is 0.517. The molecule has 1 rings (SSSR count). The molecule has 1 fully saturated rings. The van der Waals surface area contributed by atoms with E-state index < -0.39 is 0 Å². The molecule has 0 unspecified atom stereocenters. The predicted molar refractivity (Wildman–Crippen MR) is 26.3 cm³/mol. The third kappa shape index (κ3) is 1.47. The third-order valence-electron chi connectivity index (χ3n) is 1.02. The van der Waals surface area contributed by atoms with Crippen molar-refractivity contribution < 1.29 is 9.47 Å². The van der Waals surface area contributed by atoms with Crippen molar-refractivity contribution in [2.24, 2.45) is 0 Å². The van der Waals surface area contributed by atoms with Gasteiger partial charge in [0.2, 0.25) is 0 Å². The van der Waals surface area contributed by atoms with Crippen LogP contribution < -0.4 is 0 Å². The summed E-state index contributed by atoms with van der Waals surface area (Å²) in [6.07, 6.45) is 0.0972. The third-order valence-corrected chi connectivity index (χ3v) is 1.02. The van der Waals surface area contributed by atoms with E-state index in [9.17, 15) is 0 Å². The van der Waals surface area contributed by atoms with Crippen LogP contribution in [-0.2, 0) is 9.47 Å². The van der Waals surface area contributed by atoms with E-state index in [2.05, 4.69) is 17.7 Å². The normalized spacial score (nSPS) is 23.7. The molecule has 0 spiro atoms. The van der Waals surface area contributed by atoms with E-state index in [1.54, 1.807) is 0 Å². The zero-order valence-corrected chi connectivity index (χ0v) is 4.52. The number of rotatable bonds is 1. The summed E-state index contributed by atoms with van der Waals surface area (Å²) in [6.45, 7) is 1.55. The molecule has 2 nitrogen and oxygen atoms in total. The van der Waals surface area contributed by atoms with Gasteiger partial charge in [0.05, 0.1) is 0 Å². The molecule has 0 aromatic rings. The van der Waals surface area contributed by atoms with Crippen LogP contribution in [0.1, 0.15) is 0 Å². The zero-order valence-electron chi connectivity index (χ0n) is 4.52. The van der Waals surface area contributed by atoms with E-state index in [-0.39, 0.29) is 6.29 Å². The summed E-state index contributed by atoms with van der Waals surface area (Å²) < 4.78 is 10.2. The van der Waals surface area contributed by atoms with Crippen LogP contribution in [0, 0.1) is 0 Å². The maximum atomic E-state index is 5.08. The predicted octanol–water partition coefficient (Wildman–Crippen LogP) is -0.0539. The Labute approximate surface area is 52.4 Å². The first-order chi connectivity index (χ1) is 3.43. The van der Waals surface area contributed by atoms with Gasteiger partial charge in [0.25, 0.3) is 0 Å². The molecule has 1 heterocycles. The first-order valence-electron chi connectivity index (χ1n) is 2.66. The van der Waals surface area contributed by atoms with Crippen LogP contribution in [0.2, 0.25) is 5.09 Å². The van der Waals surface area contributed by atoms with Crippen molar-refractivity contribution in [3.63, 3.8) is 0 Å². The van der Waals surface area contributed by atoms with Gasteiger partial charge in [0.1, 0.15) is 0 Å². The molecule has 0 aromatic carbocycles. The number of ether oxygens (including phenoxy) is 2. The molecule has 0 aliphatic carbocycles. The van der Waals surface area contributed by atoms with Gasteiger partial charge in [-0.15, -0.1) is 0 Å². The topological polar surface area (TPSA) is 18.5 Å². The molecular weight excluding hydrogens is 87.0 g/mol. The Kier molecular flexibility index (Phi) is 2.21. The van der Waals surface area contributed by atoms with E-state index >= 15 is 0 Å². The second-order valence-electron chi connectivity index (χ2n) is 1.58. The fourth-order valence-electron chi connectivity index (χ4n) is 0.643. The Bertz CT molecular complexity index is 51.7. The SMILES string of the molecule is [Li][CH2]C1OCCO1. The molecule has 1 aliphatic heterocycles. The summed E-state index contributed by atoms with van der Waals surface area (Å²) in [6, 6.07) is 0. The van der Waals surface area contributed by atoms with Gasteiger partial charge >= 0.3 is 51.8 Å². The summed E-state index contributed by atoms with van der Waals surface area (Å²) in [7, 11) is 0. The van der Waals surface area contributed by atoms with Crippen molar-refractivity contribution in [2.75, 3.05) is 13.2 Å². The first-order valence-corrected chi connectivity index (χ1v) is 2.66. The zero-order chi connectivity index (χ0) is 5.11. The van der Waals surface area contributed by atoms with E-state index in [1.807, 2.05) is 0 Å². The van der Waals surface area contributed by atoms with Crippen LogP contribution in [0.25, 0.3) is 0 Å². The van der Waals surface area contributed by atoms with E-state index in [1.165, 1.54) is 0 Å². The minimum absolute atomic E-state index is 0.0972. The van der Waals surface area contributed by atoms with Crippen LogP contribution in [0.5, 0.6) is 0 Å². The molecule has 0 radical (unpaired) electrons. The molecule has 1 saturated heterocycles. The molecule has 0 saturated carbocycles. The maximum absolute atomic E-state index is 5.08. The molecule has 0 amide bonds. The molecule has 36 valence electrons. The fourth-order valence-corrected chi connectivity index (χ4v) is 0.643. The Morgan fingerprint density at radius 3 is 2.29 bits per heavy atom. The van der Waals surface area contributed by atoms with Crippen LogP contribution in [0.15, 0.2) is 0 Å². The van der Waals surface area contributed by atoms with Crippen LogP contribution in [0.4, 0.5) is 0 Å². The average Bonchev–Trinajstić information content (AvgIpc) is 2.14. The van der Waals surface area contributed by atoms with Gasteiger partial charge < -0.3 is 0 Å². The summed E-state index contributed by atoms with van der Waals surface area (Å²) >= 11 is 2.05. The number of hydrogen-bond donors (Lipinski definition) is 0. The Balaban J connectivity index is 2.14. The van der Waals surface area contributed by atoms with Gasteiger partial charge in [0.15, 0.2) is 0 Å². The fraction of sp³-hybridized carbons (Fsp3) is 1.00. The van der Waals surface area contributed by atoms with Crippen LogP contribution >= 0.6 is 0 Å². The van der Waals surface area contributed by atoms with Gasteiger partial charge in [0, 0.05) is 0 Å². The van der Waals surface area contributed by atoms with Gasteiger partial charge in [-0.1, -0.05) is 0 Å². The first kappa shape index (κ1) is 5.65. The second-order valence-corrected chi connectivity index (χ2v) is 1.58. The van der Waals surface area contributed by atoms with Crippen LogP contribution in [-0.4, -0.2) is 37.2 Å². The van der Waals surface area contributed by atoms with Gasteiger partial charge in [-0.05, 0) is 0 Å². The van der Waals surface area contributed by atoms with Crippen LogP contribution in [0.3, 0.4) is 0 Å². The van der Waals surface area contributed by atoms with Crippen molar-refractivity contribution in [3.05, 3.63) is 0 Å². The molecule has 0 aromatic heterocycles.